The second-order valence-electron chi connectivity index (χ2n) is 8.41. The minimum absolute atomic E-state index is 0.189. The van der Waals surface area contributed by atoms with Crippen LogP contribution in [0.25, 0.3) is 0 Å². The fourth-order valence-electron chi connectivity index (χ4n) is 3.98. The molecule has 1 saturated heterocycles. The van der Waals surface area contributed by atoms with Crippen LogP contribution in [0.2, 0.25) is 0 Å². The number of amides is 1. The molecule has 0 radical (unpaired) electrons. The SMILES string of the molecule is CN=C(NCC1CC(=O)N(CCc2ccccc2)C1)NCC(c1cnn(C)c1)N(C)C. The summed E-state index contributed by atoms with van der Waals surface area (Å²) in [6.45, 7) is 3.02. The van der Waals surface area contributed by atoms with E-state index in [1.807, 2.05) is 47.2 Å². The molecule has 31 heavy (non-hydrogen) atoms. The van der Waals surface area contributed by atoms with Crippen molar-refractivity contribution in [3.8, 4) is 0 Å². The second kappa shape index (κ2) is 10.9. The number of likely N-dealkylation sites (N-methyl/N-ethyl adjacent to an activating group) is 1. The van der Waals surface area contributed by atoms with Crippen molar-refractivity contribution < 1.29 is 4.79 Å². The molecule has 1 aromatic heterocycles. The van der Waals surface area contributed by atoms with Crippen LogP contribution in [0, 0.1) is 5.92 Å². The van der Waals surface area contributed by atoms with Crippen LogP contribution in [0.15, 0.2) is 47.7 Å². The number of carbonyl (C=O) groups excluding carboxylic acids is 1. The first kappa shape index (κ1) is 22.8. The van der Waals surface area contributed by atoms with Gasteiger partial charge in [-0.05, 0) is 26.1 Å². The van der Waals surface area contributed by atoms with Gasteiger partial charge < -0.3 is 20.4 Å². The van der Waals surface area contributed by atoms with E-state index in [4.69, 9.17) is 0 Å². The third-order valence-corrected chi connectivity index (χ3v) is 5.79. The van der Waals surface area contributed by atoms with E-state index in [0.717, 1.165) is 37.6 Å². The molecule has 1 fully saturated rings. The maximum atomic E-state index is 12.4. The highest BCUT2D eigenvalue weighted by atomic mass is 16.2. The van der Waals surface area contributed by atoms with Crippen LogP contribution in [0.5, 0.6) is 0 Å². The third kappa shape index (κ3) is 6.55. The number of nitrogens with zero attached hydrogens (tertiary/aromatic N) is 5. The van der Waals surface area contributed by atoms with Crippen molar-refractivity contribution in [1.29, 1.82) is 0 Å². The first-order valence-electron chi connectivity index (χ1n) is 10.9. The second-order valence-corrected chi connectivity index (χ2v) is 8.41. The van der Waals surface area contributed by atoms with E-state index < -0.39 is 0 Å². The Morgan fingerprint density at radius 3 is 2.71 bits per heavy atom. The minimum atomic E-state index is 0.189. The van der Waals surface area contributed by atoms with Gasteiger partial charge >= 0.3 is 0 Å². The van der Waals surface area contributed by atoms with Gasteiger partial charge in [-0.25, -0.2) is 0 Å². The molecule has 1 amide bonds. The standard InChI is InChI=1S/C23H35N7O/c1-24-23(26-15-21(28(2)3)20-14-27-29(4)17-20)25-13-19-12-22(31)30(16-19)11-10-18-8-6-5-7-9-18/h5-9,14,17,19,21H,10-13,15-16H2,1-4H3,(H2,24,25,26). The smallest absolute Gasteiger partial charge is 0.223 e. The van der Waals surface area contributed by atoms with Crippen molar-refractivity contribution in [2.45, 2.75) is 18.9 Å². The van der Waals surface area contributed by atoms with Crippen molar-refractivity contribution in [3.63, 3.8) is 0 Å². The Labute approximate surface area is 185 Å². The van der Waals surface area contributed by atoms with Gasteiger partial charge in [-0.15, -0.1) is 0 Å². The average molecular weight is 426 g/mol. The molecular formula is C23H35N7O. The molecule has 2 N–H and O–H groups in total. The number of likely N-dealkylation sites (tertiary alicyclic amines) is 1. The van der Waals surface area contributed by atoms with Crippen LogP contribution >= 0.6 is 0 Å². The number of nitrogens with one attached hydrogen (secondary N) is 2. The summed E-state index contributed by atoms with van der Waals surface area (Å²) in [6.07, 6.45) is 5.43. The van der Waals surface area contributed by atoms with E-state index in [9.17, 15) is 4.79 Å². The summed E-state index contributed by atoms with van der Waals surface area (Å²) < 4.78 is 1.82. The van der Waals surface area contributed by atoms with Crippen LogP contribution in [0.3, 0.4) is 0 Å². The molecule has 8 nitrogen and oxygen atoms in total. The van der Waals surface area contributed by atoms with Gasteiger partial charge in [0.1, 0.15) is 0 Å². The molecule has 2 aromatic rings. The summed E-state index contributed by atoms with van der Waals surface area (Å²) in [6, 6.07) is 10.5. The number of carbonyl (C=O) groups is 1. The molecule has 1 aliphatic rings. The molecule has 0 aliphatic carbocycles. The fourth-order valence-corrected chi connectivity index (χ4v) is 3.98. The van der Waals surface area contributed by atoms with Gasteiger partial charge in [-0.3, -0.25) is 14.5 Å². The van der Waals surface area contributed by atoms with Crippen LogP contribution in [-0.2, 0) is 18.3 Å². The highest BCUT2D eigenvalue weighted by Crippen LogP contribution is 2.18. The van der Waals surface area contributed by atoms with E-state index in [1.165, 1.54) is 5.56 Å². The van der Waals surface area contributed by atoms with E-state index in [-0.39, 0.29) is 11.9 Å². The molecule has 1 aliphatic heterocycles. The van der Waals surface area contributed by atoms with E-state index >= 15 is 0 Å². The predicted octanol–water partition coefficient (Wildman–Crippen LogP) is 1.28. The van der Waals surface area contributed by atoms with Crippen molar-refractivity contribution in [3.05, 3.63) is 53.9 Å². The number of guanidine groups is 1. The lowest BCUT2D eigenvalue weighted by molar-refractivity contribution is -0.127. The Balaban J connectivity index is 1.44. The molecule has 1 aromatic carbocycles. The number of benzene rings is 1. The normalized spacial score (nSPS) is 18.0. The Bertz CT molecular complexity index is 862. The highest BCUT2D eigenvalue weighted by molar-refractivity contribution is 5.80. The summed E-state index contributed by atoms with van der Waals surface area (Å²) in [7, 11) is 7.82. The molecule has 2 atom stereocenters. The van der Waals surface area contributed by atoms with E-state index in [1.54, 1.807) is 7.05 Å². The van der Waals surface area contributed by atoms with Crippen LogP contribution in [0.4, 0.5) is 0 Å². The molecule has 0 saturated carbocycles. The highest BCUT2D eigenvalue weighted by Gasteiger charge is 2.29. The van der Waals surface area contributed by atoms with Gasteiger partial charge in [0.25, 0.3) is 0 Å². The van der Waals surface area contributed by atoms with Crippen molar-refractivity contribution >= 4 is 11.9 Å². The lowest BCUT2D eigenvalue weighted by atomic mass is 10.1. The Hall–Kier alpha value is -2.87. The molecule has 0 bridgehead atoms. The number of hydrogen-bond donors (Lipinski definition) is 2. The zero-order valence-corrected chi connectivity index (χ0v) is 19.1. The number of aryl methyl sites for hydroxylation is 1. The largest absolute Gasteiger partial charge is 0.356 e. The van der Waals surface area contributed by atoms with Gasteiger partial charge in [0.05, 0.1) is 12.2 Å². The zero-order valence-electron chi connectivity index (χ0n) is 19.1. The molecular weight excluding hydrogens is 390 g/mol. The molecule has 8 heteroatoms. The van der Waals surface area contributed by atoms with Crippen molar-refractivity contribution in [2.24, 2.45) is 18.0 Å². The molecule has 2 heterocycles. The molecule has 168 valence electrons. The van der Waals surface area contributed by atoms with Gasteiger partial charge in [-0.2, -0.15) is 5.10 Å². The molecule has 2 unspecified atom stereocenters. The molecule has 3 rings (SSSR count). The number of aliphatic imine (C=N–C) groups is 1. The summed E-state index contributed by atoms with van der Waals surface area (Å²) in [4.78, 5) is 20.9. The maximum Gasteiger partial charge on any atom is 0.223 e. The van der Waals surface area contributed by atoms with Crippen LogP contribution in [0.1, 0.15) is 23.6 Å². The number of hydrogen-bond acceptors (Lipinski definition) is 4. The maximum absolute atomic E-state index is 12.4. The Morgan fingerprint density at radius 1 is 1.29 bits per heavy atom. The first-order chi connectivity index (χ1) is 15.0. The van der Waals surface area contributed by atoms with Gasteiger partial charge in [0, 0.05) is 64.4 Å². The fraction of sp³-hybridized carbons (Fsp3) is 0.522. The summed E-state index contributed by atoms with van der Waals surface area (Å²) >= 11 is 0. The lowest BCUT2D eigenvalue weighted by Gasteiger charge is -2.25. The van der Waals surface area contributed by atoms with Gasteiger partial charge in [0.15, 0.2) is 5.96 Å². The third-order valence-electron chi connectivity index (χ3n) is 5.79. The summed E-state index contributed by atoms with van der Waals surface area (Å²) in [5.41, 5.74) is 2.43. The topological polar surface area (TPSA) is 77.8 Å². The predicted molar refractivity (Wildman–Crippen MR) is 124 cm³/mol. The van der Waals surface area contributed by atoms with Crippen molar-refractivity contribution in [2.75, 3.05) is 47.3 Å². The Morgan fingerprint density at radius 2 is 2.06 bits per heavy atom. The average Bonchev–Trinajstić information content (AvgIpc) is 3.34. The zero-order chi connectivity index (χ0) is 22.2. The quantitative estimate of drug-likeness (QED) is 0.468. The lowest BCUT2D eigenvalue weighted by Crippen LogP contribution is -2.43. The first-order valence-corrected chi connectivity index (χ1v) is 10.9. The van der Waals surface area contributed by atoms with Gasteiger partial charge in [-0.1, -0.05) is 30.3 Å². The number of aromatic nitrogens is 2. The van der Waals surface area contributed by atoms with E-state index in [2.05, 4.69) is 51.9 Å². The minimum Gasteiger partial charge on any atom is -0.356 e. The Kier molecular flexibility index (Phi) is 8.06. The summed E-state index contributed by atoms with van der Waals surface area (Å²) in [5.74, 6) is 1.30. The van der Waals surface area contributed by atoms with E-state index in [0.29, 0.717) is 18.9 Å². The summed E-state index contributed by atoms with van der Waals surface area (Å²) in [5, 5.41) is 11.1. The molecule has 0 spiro atoms. The van der Waals surface area contributed by atoms with Crippen molar-refractivity contribution in [1.82, 2.24) is 30.2 Å². The number of rotatable bonds is 9. The monoisotopic (exact) mass is 425 g/mol. The van der Waals surface area contributed by atoms with Crippen LogP contribution < -0.4 is 10.6 Å². The van der Waals surface area contributed by atoms with Gasteiger partial charge in [0.2, 0.25) is 5.91 Å². The van der Waals surface area contributed by atoms with Crippen LogP contribution in [-0.4, -0.2) is 78.8 Å².